The van der Waals surface area contributed by atoms with Crippen molar-refractivity contribution >= 4 is 27.3 Å². The Morgan fingerprint density at radius 1 is 1.33 bits per heavy atom. The maximum absolute atomic E-state index is 12.0. The number of ether oxygens (including phenoxy) is 1. The highest BCUT2D eigenvalue weighted by Gasteiger charge is 2.21. The summed E-state index contributed by atoms with van der Waals surface area (Å²) in [5.74, 6) is -0.826. The average molecular weight is 334 g/mol. The first-order chi connectivity index (χ1) is 9.52. The summed E-state index contributed by atoms with van der Waals surface area (Å²) in [4.78, 5) is 11.7. The van der Waals surface area contributed by atoms with E-state index in [0.29, 0.717) is 16.3 Å². The average Bonchev–Trinajstić information content (AvgIpc) is 2.24. The summed E-state index contributed by atoms with van der Waals surface area (Å²) in [6, 6.07) is 4.74. The molecule has 5 nitrogen and oxygen atoms in total. The Morgan fingerprint density at radius 2 is 1.95 bits per heavy atom. The summed E-state index contributed by atoms with van der Waals surface area (Å²) >= 11 is 5.95. The first kappa shape index (κ1) is 17.8. The van der Waals surface area contributed by atoms with Gasteiger partial charge in [-0.15, -0.1) is 0 Å². The van der Waals surface area contributed by atoms with Crippen LogP contribution in [-0.2, 0) is 20.4 Å². The molecular weight excluding hydrogens is 314 g/mol. The third-order valence-electron chi connectivity index (χ3n) is 2.47. The zero-order valence-electron chi connectivity index (χ0n) is 12.6. The minimum atomic E-state index is -3.55. The van der Waals surface area contributed by atoms with Crippen LogP contribution in [0.2, 0.25) is 5.02 Å². The van der Waals surface area contributed by atoms with Crippen molar-refractivity contribution in [2.45, 2.75) is 32.1 Å². The van der Waals surface area contributed by atoms with Gasteiger partial charge in [0.1, 0.15) is 11.5 Å². The van der Waals surface area contributed by atoms with E-state index in [-0.39, 0.29) is 5.75 Å². The third kappa shape index (κ3) is 6.35. The summed E-state index contributed by atoms with van der Waals surface area (Å²) < 4.78 is 29.1. The summed E-state index contributed by atoms with van der Waals surface area (Å²) in [5.41, 5.74) is 0.0556. The lowest BCUT2D eigenvalue weighted by atomic mass is 10.1. The van der Waals surface area contributed by atoms with Gasteiger partial charge < -0.3 is 10.1 Å². The van der Waals surface area contributed by atoms with Crippen LogP contribution in [-0.4, -0.2) is 32.7 Å². The summed E-state index contributed by atoms with van der Waals surface area (Å²) in [7, 11) is -2.07. The number of rotatable bonds is 5. The van der Waals surface area contributed by atoms with Crippen LogP contribution < -0.4 is 10.1 Å². The van der Waals surface area contributed by atoms with Crippen LogP contribution in [0.25, 0.3) is 0 Å². The topological polar surface area (TPSA) is 72.5 Å². The van der Waals surface area contributed by atoms with Crippen LogP contribution in [0.1, 0.15) is 26.3 Å². The smallest absolute Gasteiger partial charge is 0.235 e. The van der Waals surface area contributed by atoms with E-state index in [1.807, 2.05) is 0 Å². The summed E-state index contributed by atoms with van der Waals surface area (Å²) in [6.07, 6.45) is 0. The van der Waals surface area contributed by atoms with Crippen LogP contribution in [0.4, 0.5) is 0 Å². The first-order valence-corrected chi connectivity index (χ1v) is 8.56. The molecule has 0 aromatic heterocycles. The Morgan fingerprint density at radius 3 is 2.43 bits per heavy atom. The van der Waals surface area contributed by atoms with Crippen molar-refractivity contribution in [3.05, 3.63) is 28.8 Å². The van der Waals surface area contributed by atoms with E-state index >= 15 is 0 Å². The molecule has 0 fully saturated rings. The number of hydrogen-bond donors (Lipinski definition) is 1. The van der Waals surface area contributed by atoms with E-state index in [1.165, 1.54) is 13.2 Å². The standard InChI is InChI=1S/C14H20ClNO4S/c1-14(2,3)16-13(17)9-21(18,19)8-10-5-6-12(20-4)11(15)7-10/h5-7H,8-9H2,1-4H3,(H,16,17). The number of nitrogens with one attached hydrogen (secondary N) is 1. The van der Waals surface area contributed by atoms with Crippen molar-refractivity contribution < 1.29 is 17.9 Å². The Labute approximate surface area is 130 Å². The second kappa shape index (κ2) is 6.66. The fourth-order valence-electron chi connectivity index (χ4n) is 1.76. The van der Waals surface area contributed by atoms with Gasteiger partial charge in [0.2, 0.25) is 5.91 Å². The van der Waals surface area contributed by atoms with Gasteiger partial charge in [-0.05, 0) is 38.5 Å². The fraction of sp³-hybridized carbons (Fsp3) is 0.500. The number of amides is 1. The fourth-order valence-corrected chi connectivity index (χ4v) is 3.30. The molecule has 0 atom stereocenters. The van der Waals surface area contributed by atoms with Gasteiger partial charge in [0.25, 0.3) is 0 Å². The lowest BCUT2D eigenvalue weighted by Gasteiger charge is -2.20. The number of carbonyl (C=O) groups is 1. The molecule has 1 N–H and O–H groups in total. The Kier molecular flexibility index (Phi) is 5.64. The summed E-state index contributed by atoms with van der Waals surface area (Å²) in [6.45, 7) is 5.38. The predicted octanol–water partition coefficient (Wildman–Crippen LogP) is 2.18. The molecule has 118 valence electrons. The highest BCUT2D eigenvalue weighted by atomic mass is 35.5. The molecule has 0 saturated heterocycles. The zero-order valence-corrected chi connectivity index (χ0v) is 14.1. The van der Waals surface area contributed by atoms with E-state index in [9.17, 15) is 13.2 Å². The van der Waals surface area contributed by atoms with E-state index in [1.54, 1.807) is 32.9 Å². The number of sulfone groups is 1. The van der Waals surface area contributed by atoms with Gasteiger partial charge in [-0.1, -0.05) is 17.7 Å². The van der Waals surface area contributed by atoms with Crippen LogP contribution in [0.5, 0.6) is 5.75 Å². The van der Waals surface area contributed by atoms with Gasteiger partial charge in [0.05, 0.1) is 17.9 Å². The Hall–Kier alpha value is -1.27. The van der Waals surface area contributed by atoms with Crippen molar-refractivity contribution in [3.63, 3.8) is 0 Å². The van der Waals surface area contributed by atoms with Crippen LogP contribution in [0, 0.1) is 0 Å². The molecule has 1 aromatic carbocycles. The van der Waals surface area contributed by atoms with Crippen molar-refractivity contribution in [2.75, 3.05) is 12.9 Å². The molecule has 21 heavy (non-hydrogen) atoms. The van der Waals surface area contributed by atoms with Gasteiger partial charge in [-0.2, -0.15) is 0 Å². The number of benzene rings is 1. The molecule has 0 bridgehead atoms. The molecule has 0 aliphatic heterocycles. The van der Waals surface area contributed by atoms with Gasteiger partial charge >= 0.3 is 0 Å². The van der Waals surface area contributed by atoms with Crippen molar-refractivity contribution in [2.24, 2.45) is 0 Å². The van der Waals surface area contributed by atoms with Gasteiger partial charge in [-0.3, -0.25) is 4.79 Å². The lowest BCUT2D eigenvalue weighted by Crippen LogP contribution is -2.43. The minimum Gasteiger partial charge on any atom is -0.495 e. The third-order valence-corrected chi connectivity index (χ3v) is 4.24. The molecule has 0 spiro atoms. The maximum Gasteiger partial charge on any atom is 0.235 e. The lowest BCUT2D eigenvalue weighted by molar-refractivity contribution is -0.120. The normalized spacial score (nSPS) is 12.0. The molecule has 0 saturated carbocycles. The predicted molar refractivity (Wildman–Crippen MR) is 83.4 cm³/mol. The number of carbonyl (C=O) groups excluding carboxylic acids is 1. The minimum absolute atomic E-state index is 0.242. The Bertz CT molecular complexity index is 620. The number of hydrogen-bond acceptors (Lipinski definition) is 4. The zero-order chi connectivity index (χ0) is 16.3. The van der Waals surface area contributed by atoms with Crippen molar-refractivity contribution in [1.82, 2.24) is 5.32 Å². The van der Waals surface area contributed by atoms with Crippen LogP contribution >= 0.6 is 11.6 Å². The molecule has 0 radical (unpaired) electrons. The first-order valence-electron chi connectivity index (χ1n) is 6.36. The summed E-state index contributed by atoms with van der Waals surface area (Å²) in [5, 5.41) is 2.96. The highest BCUT2D eigenvalue weighted by molar-refractivity contribution is 7.91. The molecule has 7 heteroatoms. The monoisotopic (exact) mass is 333 g/mol. The molecule has 0 heterocycles. The van der Waals surface area contributed by atoms with Crippen molar-refractivity contribution in [3.8, 4) is 5.75 Å². The largest absolute Gasteiger partial charge is 0.495 e. The van der Waals surface area contributed by atoms with E-state index in [4.69, 9.17) is 16.3 Å². The van der Waals surface area contributed by atoms with Crippen LogP contribution in [0.15, 0.2) is 18.2 Å². The highest BCUT2D eigenvalue weighted by Crippen LogP contribution is 2.25. The number of methoxy groups -OCH3 is 1. The molecule has 1 amide bonds. The van der Waals surface area contributed by atoms with Gasteiger partial charge in [0, 0.05) is 5.54 Å². The molecule has 1 aromatic rings. The molecule has 1 rings (SSSR count). The van der Waals surface area contributed by atoms with Crippen LogP contribution in [0.3, 0.4) is 0 Å². The Balaban J connectivity index is 2.77. The molecular formula is C14H20ClNO4S. The van der Waals surface area contributed by atoms with E-state index in [2.05, 4.69) is 5.32 Å². The van der Waals surface area contributed by atoms with E-state index in [0.717, 1.165) is 0 Å². The molecule has 0 aliphatic carbocycles. The quantitative estimate of drug-likeness (QED) is 0.896. The maximum atomic E-state index is 12.0. The second-order valence-electron chi connectivity index (χ2n) is 5.80. The number of halogens is 1. The van der Waals surface area contributed by atoms with Gasteiger partial charge in [0.15, 0.2) is 9.84 Å². The van der Waals surface area contributed by atoms with Gasteiger partial charge in [-0.25, -0.2) is 8.42 Å². The molecule has 0 unspecified atom stereocenters. The molecule has 0 aliphatic rings. The van der Waals surface area contributed by atoms with E-state index < -0.39 is 27.0 Å². The second-order valence-corrected chi connectivity index (χ2v) is 8.27. The SMILES string of the molecule is COc1ccc(CS(=O)(=O)CC(=O)NC(C)(C)C)cc1Cl. The van der Waals surface area contributed by atoms with Crippen molar-refractivity contribution in [1.29, 1.82) is 0 Å².